The quantitative estimate of drug-likeness (QED) is 0.888. The first kappa shape index (κ1) is 14.4. The van der Waals surface area contributed by atoms with Crippen molar-refractivity contribution in [3.63, 3.8) is 0 Å². The van der Waals surface area contributed by atoms with E-state index in [1.54, 1.807) is 7.11 Å². The molecular weight excluding hydrogens is 254 g/mol. The summed E-state index contributed by atoms with van der Waals surface area (Å²) in [7, 11) is 1.57. The van der Waals surface area contributed by atoms with Crippen molar-refractivity contribution in [2.75, 3.05) is 7.11 Å². The molecule has 0 spiro atoms. The van der Waals surface area contributed by atoms with Gasteiger partial charge in [-0.3, -0.25) is 4.79 Å². The van der Waals surface area contributed by atoms with Gasteiger partial charge in [0.25, 0.3) is 5.91 Å². The molecule has 20 heavy (non-hydrogen) atoms. The van der Waals surface area contributed by atoms with E-state index in [0.29, 0.717) is 29.7 Å². The number of ether oxygens (including phenoxy) is 1. The first-order valence-corrected chi connectivity index (χ1v) is 6.90. The van der Waals surface area contributed by atoms with Crippen molar-refractivity contribution < 1.29 is 14.6 Å². The van der Waals surface area contributed by atoms with Crippen molar-refractivity contribution in [3.8, 4) is 5.75 Å². The second-order valence-electron chi connectivity index (χ2n) is 5.17. The highest BCUT2D eigenvalue weighted by Gasteiger charge is 2.43. The van der Waals surface area contributed by atoms with Gasteiger partial charge in [-0.2, -0.15) is 0 Å². The molecule has 1 amide bonds. The fourth-order valence-corrected chi connectivity index (χ4v) is 2.70. The van der Waals surface area contributed by atoms with Crippen LogP contribution < -0.4 is 10.1 Å². The maximum Gasteiger partial charge on any atom is 0.256 e. The van der Waals surface area contributed by atoms with Crippen LogP contribution >= 0.6 is 0 Å². The topological polar surface area (TPSA) is 58.6 Å². The van der Waals surface area contributed by atoms with Crippen LogP contribution in [0.4, 0.5) is 0 Å². The maximum absolute atomic E-state index is 12.3. The molecule has 1 aromatic rings. The molecule has 0 atom stereocenters. The summed E-state index contributed by atoms with van der Waals surface area (Å²) in [6.45, 7) is 5.86. The first-order chi connectivity index (χ1) is 9.49. The predicted octanol–water partition coefficient (Wildman–Crippen LogP) is 2.96. The van der Waals surface area contributed by atoms with E-state index < -0.39 is 5.54 Å². The molecule has 108 valence electrons. The summed E-state index contributed by atoms with van der Waals surface area (Å²) in [6.07, 6.45) is 1.30. The Bertz CT molecular complexity index is 571. The van der Waals surface area contributed by atoms with Crippen molar-refractivity contribution in [2.45, 2.75) is 39.2 Å². The van der Waals surface area contributed by atoms with Crippen molar-refractivity contribution in [3.05, 3.63) is 35.1 Å². The normalized spacial score (nSPS) is 17.3. The van der Waals surface area contributed by atoms with Crippen molar-refractivity contribution >= 4 is 11.5 Å². The highest BCUT2D eigenvalue weighted by atomic mass is 16.5. The van der Waals surface area contributed by atoms with Crippen LogP contribution in [0.15, 0.2) is 24.0 Å². The number of benzene rings is 1. The van der Waals surface area contributed by atoms with Crippen LogP contribution in [0.1, 0.15) is 37.8 Å². The molecule has 0 aliphatic carbocycles. The fraction of sp³-hybridized carbons (Fsp3) is 0.438. The lowest BCUT2D eigenvalue weighted by Gasteiger charge is -2.26. The zero-order chi connectivity index (χ0) is 14.9. The summed E-state index contributed by atoms with van der Waals surface area (Å²) >= 11 is 0. The number of aryl methyl sites for hydroxylation is 1. The predicted molar refractivity (Wildman–Crippen MR) is 78.7 cm³/mol. The van der Waals surface area contributed by atoms with Gasteiger partial charge < -0.3 is 15.2 Å². The Morgan fingerprint density at radius 2 is 1.95 bits per heavy atom. The SMILES string of the molecule is CCC1(CC)NC(=O)C(c2ccc(C)cc2OC)=C1O. The van der Waals surface area contributed by atoms with Crippen LogP contribution in [0, 0.1) is 6.92 Å². The van der Waals surface area contributed by atoms with Gasteiger partial charge in [0, 0.05) is 5.56 Å². The van der Waals surface area contributed by atoms with Crippen molar-refractivity contribution in [1.82, 2.24) is 5.32 Å². The standard InChI is InChI=1S/C16H21NO3/c1-5-16(6-2)14(18)13(15(19)17-16)11-8-7-10(3)9-12(11)20-4/h7-9,18H,5-6H2,1-4H3,(H,17,19). The number of hydrogen-bond acceptors (Lipinski definition) is 3. The molecule has 0 saturated carbocycles. The zero-order valence-corrected chi connectivity index (χ0v) is 12.4. The molecule has 0 fully saturated rings. The van der Waals surface area contributed by atoms with Gasteiger partial charge in [0.05, 0.1) is 18.2 Å². The Morgan fingerprint density at radius 3 is 2.45 bits per heavy atom. The van der Waals surface area contributed by atoms with E-state index in [4.69, 9.17) is 4.74 Å². The van der Waals surface area contributed by atoms with Crippen LogP contribution in [0.25, 0.3) is 5.57 Å². The van der Waals surface area contributed by atoms with Crippen molar-refractivity contribution in [2.24, 2.45) is 0 Å². The highest BCUT2D eigenvalue weighted by molar-refractivity contribution is 6.23. The third-order valence-electron chi connectivity index (χ3n) is 4.10. The van der Waals surface area contributed by atoms with Crippen LogP contribution in [0.3, 0.4) is 0 Å². The van der Waals surface area contributed by atoms with Gasteiger partial charge in [-0.25, -0.2) is 0 Å². The number of nitrogens with one attached hydrogen (secondary N) is 1. The second kappa shape index (κ2) is 5.19. The summed E-state index contributed by atoms with van der Waals surface area (Å²) in [6, 6.07) is 5.59. The fourth-order valence-electron chi connectivity index (χ4n) is 2.70. The van der Waals surface area contributed by atoms with Gasteiger partial charge >= 0.3 is 0 Å². The number of amides is 1. The molecule has 4 heteroatoms. The smallest absolute Gasteiger partial charge is 0.256 e. The maximum atomic E-state index is 12.3. The molecule has 0 aromatic heterocycles. The second-order valence-corrected chi connectivity index (χ2v) is 5.17. The lowest BCUT2D eigenvalue weighted by Crippen LogP contribution is -2.43. The molecule has 1 aromatic carbocycles. The van der Waals surface area contributed by atoms with Crippen molar-refractivity contribution in [1.29, 1.82) is 0 Å². The molecular formula is C16H21NO3. The van der Waals surface area contributed by atoms with Gasteiger partial charge in [-0.1, -0.05) is 26.0 Å². The lowest BCUT2D eigenvalue weighted by molar-refractivity contribution is -0.116. The number of carbonyl (C=O) groups is 1. The van der Waals surface area contributed by atoms with E-state index in [2.05, 4.69) is 5.32 Å². The van der Waals surface area contributed by atoms with Gasteiger partial charge in [-0.05, 0) is 31.4 Å². The Balaban J connectivity index is 2.62. The van der Waals surface area contributed by atoms with E-state index in [1.165, 1.54) is 0 Å². The summed E-state index contributed by atoms with van der Waals surface area (Å²) in [5.41, 5.74) is 1.35. The molecule has 0 radical (unpaired) electrons. The molecule has 4 nitrogen and oxygen atoms in total. The minimum Gasteiger partial charge on any atom is -0.509 e. The van der Waals surface area contributed by atoms with E-state index >= 15 is 0 Å². The Kier molecular flexibility index (Phi) is 3.75. The number of hydrogen-bond donors (Lipinski definition) is 2. The van der Waals surface area contributed by atoms with E-state index in [-0.39, 0.29) is 11.7 Å². The molecule has 0 unspecified atom stereocenters. The Morgan fingerprint density at radius 1 is 1.30 bits per heavy atom. The van der Waals surface area contributed by atoms with Crippen LogP contribution in [0.5, 0.6) is 5.75 Å². The summed E-state index contributed by atoms with van der Waals surface area (Å²) in [4.78, 5) is 12.3. The van der Waals surface area contributed by atoms with Gasteiger partial charge in [0.2, 0.25) is 0 Å². The summed E-state index contributed by atoms with van der Waals surface area (Å²) in [5, 5.41) is 13.5. The monoisotopic (exact) mass is 275 g/mol. The molecule has 2 rings (SSSR count). The minimum atomic E-state index is -0.650. The average molecular weight is 275 g/mol. The Hall–Kier alpha value is -1.97. The largest absolute Gasteiger partial charge is 0.509 e. The van der Waals surface area contributed by atoms with Gasteiger partial charge in [-0.15, -0.1) is 0 Å². The van der Waals surface area contributed by atoms with Gasteiger partial charge in [0.15, 0.2) is 0 Å². The lowest BCUT2D eigenvalue weighted by atomic mass is 9.90. The first-order valence-electron chi connectivity index (χ1n) is 6.90. The van der Waals surface area contributed by atoms with E-state index in [1.807, 2.05) is 39.0 Å². The van der Waals surface area contributed by atoms with E-state index in [9.17, 15) is 9.90 Å². The molecule has 2 N–H and O–H groups in total. The average Bonchev–Trinajstić information content (AvgIpc) is 2.70. The molecule has 1 heterocycles. The molecule has 1 aliphatic rings. The van der Waals surface area contributed by atoms with Crippen LogP contribution in [-0.2, 0) is 4.79 Å². The zero-order valence-electron chi connectivity index (χ0n) is 12.4. The molecule has 0 bridgehead atoms. The summed E-state index contributed by atoms with van der Waals surface area (Å²) < 4.78 is 5.35. The highest BCUT2D eigenvalue weighted by Crippen LogP contribution is 2.39. The number of aliphatic hydroxyl groups excluding tert-OH is 1. The van der Waals surface area contributed by atoms with Crippen LogP contribution in [-0.4, -0.2) is 23.7 Å². The number of aliphatic hydroxyl groups is 1. The Labute approximate surface area is 119 Å². The van der Waals surface area contributed by atoms with E-state index in [0.717, 1.165) is 5.56 Å². The van der Waals surface area contributed by atoms with Gasteiger partial charge in [0.1, 0.15) is 11.5 Å². The third-order valence-corrected chi connectivity index (χ3v) is 4.10. The molecule has 1 aliphatic heterocycles. The number of carbonyl (C=O) groups excluding carboxylic acids is 1. The number of methoxy groups -OCH3 is 1. The van der Waals surface area contributed by atoms with Crippen LogP contribution in [0.2, 0.25) is 0 Å². The minimum absolute atomic E-state index is 0.120. The number of rotatable bonds is 4. The third kappa shape index (κ3) is 2.05. The molecule has 0 saturated heterocycles. The summed E-state index contributed by atoms with van der Waals surface area (Å²) in [5.74, 6) is 0.479.